The first-order valence-corrected chi connectivity index (χ1v) is 50.5. The van der Waals surface area contributed by atoms with Crippen molar-refractivity contribution >= 4 is 77.7 Å². The Balaban J connectivity index is 0.520. The molecule has 3 aliphatic carbocycles. The van der Waals surface area contributed by atoms with Crippen LogP contribution in [-0.4, -0.2) is 9.13 Å². The highest BCUT2D eigenvalue weighted by Gasteiger charge is 2.50. The third-order valence-electron chi connectivity index (χ3n) is 30.7. The zero-order chi connectivity index (χ0) is 96.1. The molecule has 4 heteroatoms. The van der Waals surface area contributed by atoms with E-state index in [4.69, 9.17) is 0 Å². The van der Waals surface area contributed by atoms with Gasteiger partial charge in [-0.15, -0.1) is 0 Å². The summed E-state index contributed by atoms with van der Waals surface area (Å²) in [4.78, 5) is 4.92. The molecule has 0 saturated heterocycles. The van der Waals surface area contributed by atoms with Crippen molar-refractivity contribution in [1.29, 1.82) is 0 Å². The Labute approximate surface area is 845 Å². The molecule has 2 heterocycles. The third-order valence-corrected chi connectivity index (χ3v) is 30.7. The van der Waals surface area contributed by atoms with E-state index in [1.807, 2.05) is 0 Å². The second kappa shape index (κ2) is 35.7. The Morgan fingerprint density at radius 3 is 1.10 bits per heavy atom. The van der Waals surface area contributed by atoms with Gasteiger partial charge < -0.3 is 18.9 Å². The number of benzene rings is 22. The molecule has 24 aromatic rings. The number of rotatable bonds is 20. The maximum atomic E-state index is 2.54. The van der Waals surface area contributed by atoms with Gasteiger partial charge in [-0.2, -0.15) is 0 Å². The topological polar surface area (TPSA) is 16.3 Å². The molecule has 3 aliphatic rings. The fourth-order valence-corrected chi connectivity index (χ4v) is 24.2. The molecule has 0 radical (unpaired) electrons. The summed E-state index contributed by atoms with van der Waals surface area (Å²) in [6, 6.07) is 202. The fraction of sp³-hybridized carbons (Fsp3) is 0.0355. The maximum absolute atomic E-state index is 2.54. The summed E-state index contributed by atoms with van der Waals surface area (Å²) in [5.74, 6) is 0.317. The molecule has 22 aromatic carbocycles. The molecule has 0 aliphatic heterocycles. The number of para-hydroxylation sites is 4. The summed E-state index contributed by atoms with van der Waals surface area (Å²) >= 11 is 0. The van der Waals surface area contributed by atoms with Crippen LogP contribution >= 0.6 is 0 Å². The van der Waals surface area contributed by atoms with Crippen LogP contribution in [0, 0.1) is 5.92 Å². The molecule has 2 aromatic heterocycles. The average Bonchev–Trinajstić information content (AvgIpc) is 1.54. The summed E-state index contributed by atoms with van der Waals surface area (Å²) in [7, 11) is 0. The molecule has 0 fully saturated rings. The van der Waals surface area contributed by atoms with Gasteiger partial charge in [-0.25, -0.2) is 0 Å². The number of aromatic nitrogens is 2. The largest absolute Gasteiger partial charge is 0.310 e. The highest BCUT2D eigenvalue weighted by molar-refractivity contribution is 6.13. The highest BCUT2D eigenvalue weighted by Crippen LogP contribution is 2.62. The molecule has 0 saturated carbocycles. The van der Waals surface area contributed by atoms with E-state index in [0.29, 0.717) is 5.92 Å². The van der Waals surface area contributed by atoms with Crippen molar-refractivity contribution in [1.82, 2.24) is 9.13 Å². The van der Waals surface area contributed by atoms with Crippen LogP contribution < -0.4 is 9.80 Å². The number of anilines is 6. The zero-order valence-electron chi connectivity index (χ0n) is 80.2. The van der Waals surface area contributed by atoms with Crippen molar-refractivity contribution in [3.63, 3.8) is 0 Å². The van der Waals surface area contributed by atoms with E-state index in [1.54, 1.807) is 0 Å². The van der Waals surface area contributed by atoms with Crippen molar-refractivity contribution in [2.45, 2.75) is 24.2 Å². The van der Waals surface area contributed by atoms with E-state index in [-0.39, 0.29) is 0 Å². The summed E-state index contributed by atoms with van der Waals surface area (Å²) in [5, 5.41) is 4.87. The van der Waals surface area contributed by atoms with Gasteiger partial charge >= 0.3 is 0 Å². The molecule has 682 valence electrons. The van der Waals surface area contributed by atoms with Crippen LogP contribution in [-0.2, 0) is 10.8 Å². The van der Waals surface area contributed by atoms with Crippen molar-refractivity contribution in [3.05, 3.63) is 603 Å². The van der Waals surface area contributed by atoms with Crippen LogP contribution in [0.15, 0.2) is 564 Å². The number of nitrogens with zero attached hydrogens (tertiary/aromatic N) is 4. The predicted octanol–water partition coefficient (Wildman–Crippen LogP) is 37.4. The van der Waals surface area contributed by atoms with Gasteiger partial charge in [-0.3, -0.25) is 0 Å². The Morgan fingerprint density at radius 1 is 0.200 bits per heavy atom. The number of hydrogen-bond donors (Lipinski definition) is 0. The first-order valence-electron chi connectivity index (χ1n) is 50.5. The molecule has 2 unspecified atom stereocenters. The van der Waals surface area contributed by atoms with Gasteiger partial charge in [0, 0.05) is 67.0 Å². The summed E-state index contributed by atoms with van der Waals surface area (Å²) in [6.45, 7) is 2.37. The van der Waals surface area contributed by atoms with Crippen LogP contribution in [0.5, 0.6) is 0 Å². The second-order valence-corrected chi connectivity index (χ2v) is 39.0. The Kier molecular flexibility index (Phi) is 21.1. The van der Waals surface area contributed by atoms with Gasteiger partial charge in [0.25, 0.3) is 0 Å². The molecular formula is C141H98N4. The Bertz CT molecular complexity index is 9170. The molecule has 2 atom stereocenters. The lowest BCUT2D eigenvalue weighted by Gasteiger charge is -2.38. The van der Waals surface area contributed by atoms with Crippen LogP contribution in [0.1, 0.15) is 52.3 Å². The van der Waals surface area contributed by atoms with Crippen LogP contribution in [0.4, 0.5) is 34.1 Å². The molecular weight excluding hydrogens is 1750 g/mol. The third kappa shape index (κ3) is 14.7. The quantitative estimate of drug-likeness (QED) is 0.0756. The first-order chi connectivity index (χ1) is 71.8. The molecule has 0 bridgehead atoms. The van der Waals surface area contributed by atoms with Gasteiger partial charge in [0.05, 0.1) is 32.9 Å². The normalized spacial score (nSPS) is 14.2. The van der Waals surface area contributed by atoms with Crippen LogP contribution in [0.3, 0.4) is 0 Å². The van der Waals surface area contributed by atoms with Crippen molar-refractivity contribution < 1.29 is 0 Å². The number of hydrogen-bond acceptors (Lipinski definition) is 2. The van der Waals surface area contributed by atoms with E-state index in [1.165, 1.54) is 110 Å². The Hall–Kier alpha value is -18.5. The van der Waals surface area contributed by atoms with E-state index < -0.39 is 10.8 Å². The highest BCUT2D eigenvalue weighted by atomic mass is 15.1. The molecule has 0 N–H and O–H groups in total. The van der Waals surface area contributed by atoms with Gasteiger partial charge in [0.2, 0.25) is 0 Å². The number of allylic oxidation sites excluding steroid dienone is 4. The van der Waals surface area contributed by atoms with Gasteiger partial charge in [0.1, 0.15) is 0 Å². The van der Waals surface area contributed by atoms with Crippen molar-refractivity contribution in [2.75, 3.05) is 9.80 Å². The second-order valence-electron chi connectivity index (χ2n) is 39.0. The summed E-state index contributed by atoms with van der Waals surface area (Å²) in [6.07, 6.45) is 8.02. The lowest BCUT2D eigenvalue weighted by atomic mass is 9.64. The summed E-state index contributed by atoms with van der Waals surface area (Å²) < 4.78 is 4.89. The van der Waals surface area contributed by atoms with E-state index in [0.717, 1.165) is 141 Å². The Morgan fingerprint density at radius 2 is 0.538 bits per heavy atom. The predicted molar refractivity (Wildman–Crippen MR) is 608 cm³/mol. The minimum absolute atomic E-state index is 0.317. The van der Waals surface area contributed by atoms with Crippen LogP contribution in [0.25, 0.3) is 166 Å². The molecule has 0 amide bonds. The van der Waals surface area contributed by atoms with E-state index >= 15 is 0 Å². The van der Waals surface area contributed by atoms with Crippen molar-refractivity contribution in [2.24, 2.45) is 5.92 Å². The first kappa shape index (κ1) is 85.7. The minimum Gasteiger partial charge on any atom is -0.310 e. The summed E-state index contributed by atoms with van der Waals surface area (Å²) in [5.41, 5.74) is 45.8. The SMILES string of the molecule is CC1C=CC=C(C2(c3cccc(-c4cccc(-c5ccc(-n6c7ccccc7c7ccc(-c8cccc(-c9cccc(N(c%10ccccc%10)c%10ccc%11c(c%10)C(c%10ccccc%10)(c%10ccccc%10)c%10ccccc%10-%11)c9)c8)cc76)cc5)c4)c3)c3ccccc3-c3ccc(N(c4ccccc4)c4cc(-c5ccccc5)cc(-c5cccc(-c6ccc7c8cc(-c9ccccc9)ccc8n(-c8ccccc8)c7c6)c5)c4)cc32)C1. The fourth-order valence-electron chi connectivity index (χ4n) is 24.2. The van der Waals surface area contributed by atoms with Gasteiger partial charge in [-0.1, -0.05) is 413 Å². The standard InChI is InChI=1S/C141H98N4/c1-95-35-29-52-114(81-95)141(133-65-27-24-62-125(133)127-79-75-122(94-135(127)141)143(117-56-19-7-20-57-117)123-88-110(97-38-11-3-12-39-97)85-111(89-123)104-45-32-44-103(84-104)109-70-77-130-131-90-107(96-36-9-2-10-37-96)71-80-137(131)144(139(130)92-109)118-58-21-8-22-59-118)115-53-33-46-105(86-115)100-41-30-40-99(82-100)98-67-72-119(73-68-98)145-136-66-28-25-63-128(136)129-76-69-108(91-138(129)145)102-43-31-42-101(83-102)106-47-34-60-120(87-106)142(116-54-17-6-18-55-116)121-74-78-126-124-61-23-26-64-132(124)140(134(126)93-121,112-48-13-4-14-49-112)113-50-15-5-16-51-113/h2-80,82-95H,81H2,1H3. The lowest BCUT2D eigenvalue weighted by Crippen LogP contribution is -2.31. The maximum Gasteiger partial charge on any atom is 0.0714 e. The molecule has 27 rings (SSSR count). The van der Waals surface area contributed by atoms with Crippen LogP contribution in [0.2, 0.25) is 0 Å². The monoisotopic (exact) mass is 1850 g/mol. The zero-order valence-corrected chi connectivity index (χ0v) is 80.2. The number of fused-ring (bicyclic) bond motifs is 12. The minimum atomic E-state index is -0.674. The lowest BCUT2D eigenvalue weighted by molar-refractivity contribution is 0.615. The van der Waals surface area contributed by atoms with E-state index in [9.17, 15) is 0 Å². The molecule has 145 heavy (non-hydrogen) atoms. The smallest absolute Gasteiger partial charge is 0.0714 e. The molecule has 4 nitrogen and oxygen atoms in total. The van der Waals surface area contributed by atoms with Gasteiger partial charge in [-0.05, 0) is 320 Å². The van der Waals surface area contributed by atoms with Gasteiger partial charge in [0.15, 0.2) is 0 Å². The van der Waals surface area contributed by atoms with E-state index in [2.05, 4.69) is 584 Å². The average molecular weight is 1850 g/mol. The molecule has 0 spiro atoms. The van der Waals surface area contributed by atoms with Crippen molar-refractivity contribution in [3.8, 4) is 123 Å².